The largest absolute Gasteiger partial charge is 0.496 e. The molecule has 132 valence electrons. The van der Waals surface area contributed by atoms with E-state index in [0.29, 0.717) is 23.8 Å². The number of rotatable bonds is 4. The average Bonchev–Trinajstić information content (AvgIpc) is 2.60. The molecule has 3 rings (SSSR count). The summed E-state index contributed by atoms with van der Waals surface area (Å²) in [5, 5.41) is 2.80. The van der Waals surface area contributed by atoms with Crippen LogP contribution in [0.5, 0.6) is 11.5 Å². The Morgan fingerprint density at radius 1 is 1.24 bits per heavy atom. The van der Waals surface area contributed by atoms with Gasteiger partial charge in [0, 0.05) is 6.26 Å². The van der Waals surface area contributed by atoms with Crippen LogP contribution >= 0.6 is 0 Å². The van der Waals surface area contributed by atoms with E-state index in [9.17, 15) is 13.2 Å². The number of ether oxygens (including phenoxy) is 2. The molecular weight excluding hydrogens is 342 g/mol. The maximum absolute atomic E-state index is 12.7. The molecule has 1 amide bonds. The first-order chi connectivity index (χ1) is 11.9. The normalized spacial score (nSPS) is 13.5. The van der Waals surface area contributed by atoms with Crippen molar-refractivity contribution in [1.82, 2.24) is 0 Å². The molecule has 0 bridgehead atoms. The highest BCUT2D eigenvalue weighted by Gasteiger charge is 2.20. The number of nitrogens with one attached hydrogen (secondary N) is 1. The van der Waals surface area contributed by atoms with Crippen molar-refractivity contribution in [3.8, 4) is 11.5 Å². The average molecular weight is 361 g/mol. The maximum Gasteiger partial charge on any atom is 0.259 e. The predicted octanol–water partition coefficient (Wildman–Crippen LogP) is 2.68. The third kappa shape index (κ3) is 3.61. The summed E-state index contributed by atoms with van der Waals surface area (Å²) in [7, 11) is -2.00. The minimum Gasteiger partial charge on any atom is -0.496 e. The zero-order valence-corrected chi connectivity index (χ0v) is 14.9. The minimum atomic E-state index is -3.43. The minimum absolute atomic E-state index is 0.0600. The van der Waals surface area contributed by atoms with Crippen molar-refractivity contribution in [1.29, 1.82) is 0 Å². The highest BCUT2D eigenvalue weighted by atomic mass is 32.2. The van der Waals surface area contributed by atoms with Crippen LogP contribution in [0.15, 0.2) is 41.3 Å². The standard InChI is InChI=1S/C18H19NO5S/c1-23-16-9-8-13(25(2,21)22)11-14(16)18(20)19-15-7-3-5-12-6-4-10-24-17(12)15/h3,5,7-9,11H,4,6,10H2,1-2H3,(H,19,20). The molecule has 0 fully saturated rings. The number of carbonyl (C=O) groups is 1. The fraction of sp³-hybridized carbons (Fsp3) is 0.278. The number of amides is 1. The predicted molar refractivity (Wildman–Crippen MR) is 94.3 cm³/mol. The second-order valence-corrected chi connectivity index (χ2v) is 7.85. The highest BCUT2D eigenvalue weighted by molar-refractivity contribution is 7.90. The van der Waals surface area contributed by atoms with Gasteiger partial charge in [0.15, 0.2) is 9.84 Å². The Kier molecular flexibility index (Phi) is 4.67. The molecule has 25 heavy (non-hydrogen) atoms. The van der Waals surface area contributed by atoms with Gasteiger partial charge < -0.3 is 14.8 Å². The van der Waals surface area contributed by atoms with Gasteiger partial charge in [0.1, 0.15) is 11.5 Å². The molecule has 0 saturated heterocycles. The molecule has 2 aromatic carbocycles. The lowest BCUT2D eigenvalue weighted by Crippen LogP contribution is -2.17. The first kappa shape index (κ1) is 17.3. The number of para-hydroxylation sites is 1. The van der Waals surface area contributed by atoms with Crippen LogP contribution < -0.4 is 14.8 Å². The number of hydrogen-bond donors (Lipinski definition) is 1. The van der Waals surface area contributed by atoms with E-state index in [0.717, 1.165) is 24.7 Å². The molecule has 7 heteroatoms. The quantitative estimate of drug-likeness (QED) is 0.905. The van der Waals surface area contributed by atoms with Crippen LogP contribution in [0, 0.1) is 0 Å². The molecule has 0 aromatic heterocycles. The van der Waals surface area contributed by atoms with Crippen LogP contribution in [0.25, 0.3) is 0 Å². The first-order valence-corrected chi connectivity index (χ1v) is 9.73. The summed E-state index contributed by atoms with van der Waals surface area (Å²) in [5.74, 6) is 0.515. The number of sulfone groups is 1. The van der Waals surface area contributed by atoms with Crippen LogP contribution in [-0.2, 0) is 16.3 Å². The van der Waals surface area contributed by atoms with E-state index >= 15 is 0 Å². The van der Waals surface area contributed by atoms with Crippen molar-refractivity contribution in [2.75, 3.05) is 25.3 Å². The van der Waals surface area contributed by atoms with E-state index in [4.69, 9.17) is 9.47 Å². The van der Waals surface area contributed by atoms with Gasteiger partial charge in [0.05, 0.1) is 29.9 Å². The summed E-state index contributed by atoms with van der Waals surface area (Å²) < 4.78 is 34.4. The van der Waals surface area contributed by atoms with Crippen molar-refractivity contribution in [3.05, 3.63) is 47.5 Å². The summed E-state index contributed by atoms with van der Waals surface area (Å²) >= 11 is 0. The monoisotopic (exact) mass is 361 g/mol. The van der Waals surface area contributed by atoms with Crippen molar-refractivity contribution in [2.45, 2.75) is 17.7 Å². The Hall–Kier alpha value is -2.54. The van der Waals surface area contributed by atoms with Crippen molar-refractivity contribution < 1.29 is 22.7 Å². The molecule has 0 aliphatic carbocycles. The number of carbonyl (C=O) groups excluding carboxylic acids is 1. The van der Waals surface area contributed by atoms with E-state index in [1.54, 1.807) is 6.07 Å². The lowest BCUT2D eigenvalue weighted by molar-refractivity contribution is 0.102. The number of hydrogen-bond acceptors (Lipinski definition) is 5. The highest BCUT2D eigenvalue weighted by Crippen LogP contribution is 2.33. The van der Waals surface area contributed by atoms with Gasteiger partial charge in [-0.15, -0.1) is 0 Å². The number of anilines is 1. The van der Waals surface area contributed by atoms with Gasteiger partial charge in [0.2, 0.25) is 0 Å². The number of benzene rings is 2. The van der Waals surface area contributed by atoms with Gasteiger partial charge in [-0.2, -0.15) is 0 Å². The lowest BCUT2D eigenvalue weighted by Gasteiger charge is -2.20. The van der Waals surface area contributed by atoms with Crippen LogP contribution in [-0.4, -0.2) is 34.3 Å². The van der Waals surface area contributed by atoms with Gasteiger partial charge in [-0.1, -0.05) is 12.1 Å². The van der Waals surface area contributed by atoms with Gasteiger partial charge in [0.25, 0.3) is 5.91 Å². The molecule has 1 aliphatic rings. The molecule has 0 radical (unpaired) electrons. The maximum atomic E-state index is 12.7. The van der Waals surface area contributed by atoms with E-state index in [1.165, 1.54) is 25.3 Å². The van der Waals surface area contributed by atoms with Crippen LogP contribution in [0.2, 0.25) is 0 Å². The Bertz CT molecular complexity index is 921. The summed E-state index contributed by atoms with van der Waals surface area (Å²) in [4.78, 5) is 12.8. The molecule has 6 nitrogen and oxygen atoms in total. The van der Waals surface area contributed by atoms with E-state index in [2.05, 4.69) is 5.32 Å². The van der Waals surface area contributed by atoms with Crippen LogP contribution in [0.4, 0.5) is 5.69 Å². The summed E-state index contributed by atoms with van der Waals surface area (Å²) in [6.45, 7) is 0.604. The lowest BCUT2D eigenvalue weighted by atomic mass is 10.1. The summed E-state index contributed by atoms with van der Waals surface area (Å²) in [5.41, 5.74) is 1.76. The Balaban J connectivity index is 1.96. The smallest absolute Gasteiger partial charge is 0.259 e. The Labute approximate surface area is 146 Å². The SMILES string of the molecule is COc1ccc(S(C)(=O)=O)cc1C(=O)Nc1cccc2c1OCCC2. The summed E-state index contributed by atoms with van der Waals surface area (Å²) in [6, 6.07) is 9.79. The van der Waals surface area contributed by atoms with E-state index < -0.39 is 15.7 Å². The second kappa shape index (κ2) is 6.76. The van der Waals surface area contributed by atoms with Crippen LogP contribution in [0.1, 0.15) is 22.3 Å². The zero-order valence-electron chi connectivity index (χ0n) is 14.0. The molecule has 2 aromatic rings. The van der Waals surface area contributed by atoms with Gasteiger partial charge in [-0.3, -0.25) is 4.79 Å². The number of aryl methyl sites for hydroxylation is 1. The van der Waals surface area contributed by atoms with Gasteiger partial charge in [-0.25, -0.2) is 8.42 Å². The third-order valence-corrected chi connectivity index (χ3v) is 5.14. The summed E-state index contributed by atoms with van der Waals surface area (Å²) in [6.07, 6.45) is 2.93. The van der Waals surface area contributed by atoms with Gasteiger partial charge >= 0.3 is 0 Å². The molecule has 1 aliphatic heterocycles. The van der Waals surface area contributed by atoms with Crippen molar-refractivity contribution >= 4 is 21.4 Å². The Morgan fingerprint density at radius 2 is 2.04 bits per heavy atom. The number of fused-ring (bicyclic) bond motifs is 1. The van der Waals surface area contributed by atoms with Crippen LogP contribution in [0.3, 0.4) is 0 Å². The zero-order chi connectivity index (χ0) is 18.0. The fourth-order valence-corrected chi connectivity index (χ4v) is 3.42. The number of methoxy groups -OCH3 is 1. The molecule has 0 spiro atoms. The first-order valence-electron chi connectivity index (χ1n) is 7.84. The second-order valence-electron chi connectivity index (χ2n) is 5.83. The van der Waals surface area contributed by atoms with Gasteiger partial charge in [-0.05, 0) is 42.7 Å². The molecular formula is C18H19NO5S. The molecule has 1 heterocycles. The van der Waals surface area contributed by atoms with E-state index in [1.807, 2.05) is 12.1 Å². The van der Waals surface area contributed by atoms with Crippen molar-refractivity contribution in [2.24, 2.45) is 0 Å². The fourth-order valence-electron chi connectivity index (χ4n) is 2.77. The molecule has 0 atom stereocenters. The molecule has 0 unspecified atom stereocenters. The molecule has 0 saturated carbocycles. The molecule has 1 N–H and O–H groups in total. The van der Waals surface area contributed by atoms with E-state index in [-0.39, 0.29) is 10.5 Å². The Morgan fingerprint density at radius 3 is 2.76 bits per heavy atom. The topological polar surface area (TPSA) is 81.7 Å². The van der Waals surface area contributed by atoms with Crippen molar-refractivity contribution in [3.63, 3.8) is 0 Å². The third-order valence-electron chi connectivity index (χ3n) is 4.03.